The Labute approximate surface area is 101 Å². The van der Waals surface area contributed by atoms with Crippen molar-refractivity contribution in [3.05, 3.63) is 0 Å². The van der Waals surface area contributed by atoms with Gasteiger partial charge in [-0.05, 0) is 55.9 Å². The molecule has 0 unspecified atom stereocenters. The van der Waals surface area contributed by atoms with Gasteiger partial charge >= 0.3 is 0 Å². The molecule has 2 fully saturated rings. The zero-order valence-corrected chi connectivity index (χ0v) is 11.0. The van der Waals surface area contributed by atoms with Gasteiger partial charge in [-0.25, -0.2) is 0 Å². The third-order valence-corrected chi connectivity index (χ3v) is 5.37. The lowest BCUT2D eigenvalue weighted by molar-refractivity contribution is 0.119. The van der Waals surface area contributed by atoms with Gasteiger partial charge in [0.05, 0.1) is 0 Å². The average molecular weight is 223 g/mol. The van der Waals surface area contributed by atoms with Crippen molar-refractivity contribution in [2.24, 2.45) is 23.0 Å². The molecule has 0 saturated heterocycles. The van der Waals surface area contributed by atoms with E-state index in [-0.39, 0.29) is 0 Å². The predicted octanol–water partition coefficient (Wildman–Crippen LogP) is 4.11. The van der Waals surface area contributed by atoms with Gasteiger partial charge in [-0.15, -0.1) is 0 Å². The molecule has 0 heterocycles. The van der Waals surface area contributed by atoms with Crippen molar-refractivity contribution in [2.45, 2.75) is 71.1 Å². The van der Waals surface area contributed by atoms with Gasteiger partial charge in [0.1, 0.15) is 0 Å². The van der Waals surface area contributed by atoms with Crippen molar-refractivity contribution in [1.29, 1.82) is 0 Å². The van der Waals surface area contributed by atoms with Crippen LogP contribution in [0.4, 0.5) is 0 Å². The Morgan fingerprint density at radius 3 is 2.12 bits per heavy atom. The summed E-state index contributed by atoms with van der Waals surface area (Å²) in [7, 11) is 0. The summed E-state index contributed by atoms with van der Waals surface area (Å²) in [6.45, 7) is 3.29. The van der Waals surface area contributed by atoms with Crippen LogP contribution in [0.25, 0.3) is 0 Å². The maximum atomic E-state index is 6.10. The molecule has 2 aliphatic rings. The first-order valence-electron chi connectivity index (χ1n) is 7.48. The Morgan fingerprint density at radius 1 is 1.00 bits per heavy atom. The summed E-state index contributed by atoms with van der Waals surface area (Å²) in [5.74, 6) is 2.02. The Balaban J connectivity index is 1.87. The van der Waals surface area contributed by atoms with E-state index >= 15 is 0 Å². The lowest BCUT2D eigenvalue weighted by atomic mass is 9.66. The SMILES string of the molecule is CCC1CCC(CN)(CC2CCCC2)CC1. The van der Waals surface area contributed by atoms with E-state index < -0.39 is 0 Å². The fourth-order valence-corrected chi connectivity index (χ4v) is 4.02. The van der Waals surface area contributed by atoms with Crippen LogP contribution in [0.15, 0.2) is 0 Å². The highest BCUT2D eigenvalue weighted by atomic mass is 14.6. The summed E-state index contributed by atoms with van der Waals surface area (Å²) in [5.41, 5.74) is 6.65. The first-order valence-corrected chi connectivity index (χ1v) is 7.48. The average Bonchev–Trinajstić information content (AvgIpc) is 2.83. The van der Waals surface area contributed by atoms with Crippen LogP contribution in [-0.4, -0.2) is 6.54 Å². The molecule has 0 aliphatic heterocycles. The molecule has 2 N–H and O–H groups in total. The first-order chi connectivity index (χ1) is 7.78. The largest absolute Gasteiger partial charge is 0.330 e. The smallest absolute Gasteiger partial charge is 0.00204 e. The van der Waals surface area contributed by atoms with Gasteiger partial charge in [0, 0.05) is 0 Å². The summed E-state index contributed by atoms with van der Waals surface area (Å²) >= 11 is 0. The molecular weight excluding hydrogens is 194 g/mol. The van der Waals surface area contributed by atoms with Gasteiger partial charge < -0.3 is 5.73 Å². The molecule has 2 rings (SSSR count). The molecule has 0 radical (unpaired) electrons. The van der Waals surface area contributed by atoms with Crippen LogP contribution in [0, 0.1) is 17.3 Å². The fraction of sp³-hybridized carbons (Fsp3) is 1.00. The normalized spacial score (nSPS) is 36.8. The molecule has 2 aliphatic carbocycles. The van der Waals surface area contributed by atoms with E-state index in [2.05, 4.69) is 6.92 Å². The Hall–Kier alpha value is -0.0400. The maximum absolute atomic E-state index is 6.10. The molecule has 0 amide bonds. The van der Waals surface area contributed by atoms with Crippen molar-refractivity contribution >= 4 is 0 Å². The minimum Gasteiger partial charge on any atom is -0.330 e. The van der Waals surface area contributed by atoms with Gasteiger partial charge in [-0.3, -0.25) is 0 Å². The molecule has 2 saturated carbocycles. The highest BCUT2D eigenvalue weighted by Gasteiger charge is 2.36. The standard InChI is InChI=1S/C15H29N/c1-2-13-7-9-15(12-16,10-8-13)11-14-5-3-4-6-14/h13-14H,2-12,16H2,1H3. The van der Waals surface area contributed by atoms with Gasteiger partial charge in [0.2, 0.25) is 0 Å². The van der Waals surface area contributed by atoms with Crippen LogP contribution in [-0.2, 0) is 0 Å². The minimum absolute atomic E-state index is 0.542. The van der Waals surface area contributed by atoms with E-state index in [9.17, 15) is 0 Å². The van der Waals surface area contributed by atoms with Gasteiger partial charge in [0.15, 0.2) is 0 Å². The number of hydrogen-bond acceptors (Lipinski definition) is 1. The van der Waals surface area contributed by atoms with Crippen molar-refractivity contribution in [2.75, 3.05) is 6.54 Å². The number of hydrogen-bond donors (Lipinski definition) is 1. The second-order valence-corrected chi connectivity index (χ2v) is 6.41. The second kappa shape index (κ2) is 5.53. The molecule has 94 valence electrons. The van der Waals surface area contributed by atoms with Crippen LogP contribution in [0.3, 0.4) is 0 Å². The van der Waals surface area contributed by atoms with Crippen LogP contribution >= 0.6 is 0 Å². The van der Waals surface area contributed by atoms with Crippen molar-refractivity contribution in [3.63, 3.8) is 0 Å². The van der Waals surface area contributed by atoms with Gasteiger partial charge in [0.25, 0.3) is 0 Å². The molecule has 16 heavy (non-hydrogen) atoms. The third kappa shape index (κ3) is 2.80. The zero-order chi connectivity index (χ0) is 11.4. The summed E-state index contributed by atoms with van der Waals surface area (Å²) in [6.07, 6.45) is 14.5. The minimum atomic E-state index is 0.542. The van der Waals surface area contributed by atoms with Crippen LogP contribution in [0.2, 0.25) is 0 Å². The number of nitrogens with two attached hydrogens (primary N) is 1. The van der Waals surface area contributed by atoms with E-state index in [1.807, 2.05) is 0 Å². The van der Waals surface area contributed by atoms with E-state index in [0.29, 0.717) is 5.41 Å². The molecule has 0 aromatic rings. The van der Waals surface area contributed by atoms with E-state index in [0.717, 1.165) is 18.4 Å². The summed E-state index contributed by atoms with van der Waals surface area (Å²) in [5, 5.41) is 0. The highest BCUT2D eigenvalue weighted by molar-refractivity contribution is 4.89. The third-order valence-electron chi connectivity index (χ3n) is 5.37. The summed E-state index contributed by atoms with van der Waals surface area (Å²) in [6, 6.07) is 0. The van der Waals surface area contributed by atoms with E-state index in [4.69, 9.17) is 5.73 Å². The molecule has 0 atom stereocenters. The molecular formula is C15H29N. The summed E-state index contributed by atoms with van der Waals surface area (Å²) in [4.78, 5) is 0. The highest BCUT2D eigenvalue weighted by Crippen LogP contribution is 2.46. The van der Waals surface area contributed by atoms with E-state index in [1.54, 1.807) is 0 Å². The van der Waals surface area contributed by atoms with Crippen molar-refractivity contribution < 1.29 is 0 Å². The molecule has 0 spiro atoms. The zero-order valence-electron chi connectivity index (χ0n) is 11.0. The van der Waals surface area contributed by atoms with Crippen LogP contribution in [0.5, 0.6) is 0 Å². The monoisotopic (exact) mass is 223 g/mol. The van der Waals surface area contributed by atoms with Crippen LogP contribution in [0.1, 0.15) is 71.1 Å². The van der Waals surface area contributed by atoms with E-state index in [1.165, 1.54) is 64.2 Å². The lowest BCUT2D eigenvalue weighted by Gasteiger charge is -2.41. The quantitative estimate of drug-likeness (QED) is 0.762. The maximum Gasteiger partial charge on any atom is -0.00204 e. The molecule has 1 heteroatoms. The Kier molecular flexibility index (Phi) is 4.29. The van der Waals surface area contributed by atoms with Gasteiger partial charge in [-0.1, -0.05) is 39.0 Å². The number of rotatable bonds is 4. The van der Waals surface area contributed by atoms with Crippen molar-refractivity contribution in [1.82, 2.24) is 0 Å². The first kappa shape index (κ1) is 12.4. The Bertz CT molecular complexity index is 197. The van der Waals surface area contributed by atoms with Crippen molar-refractivity contribution in [3.8, 4) is 0 Å². The molecule has 0 aromatic carbocycles. The summed E-state index contributed by atoms with van der Waals surface area (Å²) < 4.78 is 0. The fourth-order valence-electron chi connectivity index (χ4n) is 4.02. The van der Waals surface area contributed by atoms with Gasteiger partial charge in [-0.2, -0.15) is 0 Å². The van der Waals surface area contributed by atoms with Crippen LogP contribution < -0.4 is 5.73 Å². The topological polar surface area (TPSA) is 26.0 Å². The molecule has 0 bridgehead atoms. The lowest BCUT2D eigenvalue weighted by Crippen LogP contribution is -2.36. The molecule has 0 aromatic heterocycles. The molecule has 1 nitrogen and oxygen atoms in total. The second-order valence-electron chi connectivity index (χ2n) is 6.41. The predicted molar refractivity (Wildman–Crippen MR) is 70.3 cm³/mol. The Morgan fingerprint density at radius 2 is 1.62 bits per heavy atom.